The average Bonchev–Trinajstić information content (AvgIpc) is 2.63. The zero-order chi connectivity index (χ0) is 18.0. The van der Waals surface area contributed by atoms with E-state index in [2.05, 4.69) is 79.3 Å². The summed E-state index contributed by atoms with van der Waals surface area (Å²) in [4.78, 5) is 2.50. The van der Waals surface area contributed by atoms with Crippen LogP contribution in [0.2, 0.25) is 10.0 Å². The number of nitrogens with zero attached hydrogens (tertiary/aromatic N) is 1. The smallest absolute Gasteiger partial charge is 0.0613 e. The molecule has 1 aromatic rings. The minimum atomic E-state index is -0.00313. The van der Waals surface area contributed by atoms with Crippen LogP contribution in [0.4, 0.5) is 5.69 Å². The lowest BCUT2D eigenvalue weighted by atomic mass is 9.52. The first-order valence-electron chi connectivity index (χ1n) is 8.40. The van der Waals surface area contributed by atoms with Crippen LogP contribution in [-0.2, 0) is 5.41 Å². The molecule has 130 valence electrons. The van der Waals surface area contributed by atoms with E-state index in [0.29, 0.717) is 10.0 Å². The van der Waals surface area contributed by atoms with Gasteiger partial charge in [0.05, 0.1) is 10.0 Å². The molecular formula is C20H31Cl2N. The molecule has 0 N–H and O–H groups in total. The fourth-order valence-corrected chi connectivity index (χ4v) is 4.84. The third kappa shape index (κ3) is 2.78. The molecule has 1 aliphatic rings. The molecule has 23 heavy (non-hydrogen) atoms. The van der Waals surface area contributed by atoms with Gasteiger partial charge >= 0.3 is 0 Å². The molecule has 2 rings (SSSR count). The highest BCUT2D eigenvalue weighted by atomic mass is 35.5. The van der Waals surface area contributed by atoms with Gasteiger partial charge in [0, 0.05) is 23.2 Å². The van der Waals surface area contributed by atoms with Crippen LogP contribution < -0.4 is 4.90 Å². The third-order valence-corrected chi connectivity index (χ3v) is 6.28. The predicted molar refractivity (Wildman–Crippen MR) is 104 cm³/mol. The molecule has 1 heterocycles. The van der Waals surface area contributed by atoms with E-state index in [0.717, 1.165) is 6.54 Å². The zero-order valence-electron chi connectivity index (χ0n) is 16.1. The fraction of sp³-hybridized carbons (Fsp3) is 0.700. The van der Waals surface area contributed by atoms with Crippen LogP contribution in [0.25, 0.3) is 0 Å². The first kappa shape index (κ1) is 18.9. The van der Waals surface area contributed by atoms with Gasteiger partial charge in [0.15, 0.2) is 0 Å². The minimum absolute atomic E-state index is 0.00313. The van der Waals surface area contributed by atoms with E-state index < -0.39 is 0 Å². The summed E-state index contributed by atoms with van der Waals surface area (Å²) in [6.07, 6.45) is 0. The number of halogens is 2. The minimum Gasteiger partial charge on any atom is -0.365 e. The van der Waals surface area contributed by atoms with Crippen LogP contribution in [0.1, 0.15) is 67.9 Å². The van der Waals surface area contributed by atoms with Crippen LogP contribution >= 0.6 is 23.2 Å². The van der Waals surface area contributed by atoms with Gasteiger partial charge in [-0.15, -0.1) is 0 Å². The second-order valence-corrected chi connectivity index (χ2v) is 10.8. The van der Waals surface area contributed by atoms with Crippen molar-refractivity contribution in [3.05, 3.63) is 27.7 Å². The SMILES string of the molecule is CC(C)(C)N1CC(C(C)(C)C)(C(C)(C)C)c2cc(Cl)c(Cl)cc21. The standard InChI is InChI=1S/C20H31Cl2N/c1-17(2,3)20(18(4,5)6)12-23(19(7,8)9)16-11-15(22)14(21)10-13(16)20/h10-11H,12H2,1-9H3. The molecule has 0 fully saturated rings. The van der Waals surface area contributed by atoms with Crippen LogP contribution in [0.3, 0.4) is 0 Å². The van der Waals surface area contributed by atoms with Crippen molar-refractivity contribution in [3.8, 4) is 0 Å². The maximum atomic E-state index is 6.43. The molecule has 0 saturated heterocycles. The van der Waals surface area contributed by atoms with Crippen molar-refractivity contribution in [3.63, 3.8) is 0 Å². The highest BCUT2D eigenvalue weighted by Crippen LogP contribution is 2.61. The molecule has 0 amide bonds. The second kappa shape index (κ2) is 5.30. The average molecular weight is 356 g/mol. The number of rotatable bonds is 0. The molecule has 1 aromatic carbocycles. The summed E-state index contributed by atoms with van der Waals surface area (Å²) in [5.74, 6) is 0. The molecule has 0 unspecified atom stereocenters. The maximum absolute atomic E-state index is 6.43. The molecule has 0 radical (unpaired) electrons. The van der Waals surface area contributed by atoms with E-state index in [1.165, 1.54) is 11.3 Å². The van der Waals surface area contributed by atoms with E-state index in [-0.39, 0.29) is 21.8 Å². The number of fused-ring (bicyclic) bond motifs is 1. The zero-order valence-corrected chi connectivity index (χ0v) is 17.6. The Morgan fingerprint density at radius 3 is 1.65 bits per heavy atom. The van der Waals surface area contributed by atoms with Gasteiger partial charge in [0.25, 0.3) is 0 Å². The normalized spacial score (nSPS) is 18.3. The predicted octanol–water partition coefficient (Wildman–Crippen LogP) is 6.94. The molecule has 0 saturated carbocycles. The van der Waals surface area contributed by atoms with E-state index in [1.54, 1.807) is 0 Å². The molecule has 1 nitrogen and oxygen atoms in total. The summed E-state index contributed by atoms with van der Waals surface area (Å²) in [5.41, 5.74) is 2.79. The highest BCUT2D eigenvalue weighted by Gasteiger charge is 2.58. The largest absolute Gasteiger partial charge is 0.365 e. The van der Waals surface area contributed by atoms with Crippen molar-refractivity contribution in [1.29, 1.82) is 0 Å². The van der Waals surface area contributed by atoms with E-state index in [4.69, 9.17) is 23.2 Å². The maximum Gasteiger partial charge on any atom is 0.0613 e. The molecule has 0 bridgehead atoms. The molecule has 3 heteroatoms. The third-order valence-electron chi connectivity index (χ3n) is 5.55. The number of hydrogen-bond acceptors (Lipinski definition) is 1. The Bertz CT molecular complexity index is 598. The summed E-state index contributed by atoms with van der Waals surface area (Å²) in [5, 5.41) is 1.29. The van der Waals surface area contributed by atoms with Crippen molar-refractivity contribution in [2.45, 2.75) is 73.3 Å². The number of anilines is 1. The summed E-state index contributed by atoms with van der Waals surface area (Å²) >= 11 is 12.8. The van der Waals surface area contributed by atoms with Crippen LogP contribution in [0.15, 0.2) is 12.1 Å². The Morgan fingerprint density at radius 2 is 1.26 bits per heavy atom. The Morgan fingerprint density at radius 1 is 0.826 bits per heavy atom. The monoisotopic (exact) mass is 355 g/mol. The van der Waals surface area contributed by atoms with Gasteiger partial charge in [0.2, 0.25) is 0 Å². The van der Waals surface area contributed by atoms with Gasteiger partial charge in [-0.25, -0.2) is 0 Å². The van der Waals surface area contributed by atoms with Crippen molar-refractivity contribution in [2.24, 2.45) is 10.8 Å². The molecule has 0 spiro atoms. The first-order chi connectivity index (χ1) is 10.1. The molecule has 0 atom stereocenters. The summed E-state index contributed by atoms with van der Waals surface area (Å²) in [6, 6.07) is 4.17. The van der Waals surface area contributed by atoms with Gasteiger partial charge < -0.3 is 4.90 Å². The van der Waals surface area contributed by atoms with Crippen molar-refractivity contribution < 1.29 is 0 Å². The lowest BCUT2D eigenvalue weighted by molar-refractivity contribution is 0.0636. The lowest BCUT2D eigenvalue weighted by Gasteiger charge is -2.53. The van der Waals surface area contributed by atoms with Crippen molar-refractivity contribution in [2.75, 3.05) is 11.4 Å². The molecule has 0 aromatic heterocycles. The van der Waals surface area contributed by atoms with Gasteiger partial charge in [-0.2, -0.15) is 0 Å². The van der Waals surface area contributed by atoms with Gasteiger partial charge in [-0.3, -0.25) is 0 Å². The van der Waals surface area contributed by atoms with Crippen LogP contribution in [-0.4, -0.2) is 12.1 Å². The number of benzene rings is 1. The van der Waals surface area contributed by atoms with Gasteiger partial charge in [-0.05, 0) is 49.3 Å². The quantitative estimate of drug-likeness (QED) is 0.486. The van der Waals surface area contributed by atoms with E-state index in [1.807, 2.05) is 0 Å². The van der Waals surface area contributed by atoms with Crippen molar-refractivity contribution in [1.82, 2.24) is 0 Å². The molecule has 1 aliphatic heterocycles. The lowest BCUT2D eigenvalue weighted by Crippen LogP contribution is -2.55. The van der Waals surface area contributed by atoms with Crippen LogP contribution in [0, 0.1) is 10.8 Å². The Labute approximate surface area is 152 Å². The first-order valence-corrected chi connectivity index (χ1v) is 9.16. The summed E-state index contributed by atoms with van der Waals surface area (Å²) < 4.78 is 0. The molecule has 0 aliphatic carbocycles. The second-order valence-electron chi connectivity index (χ2n) is 9.95. The number of hydrogen-bond donors (Lipinski definition) is 0. The van der Waals surface area contributed by atoms with Gasteiger partial charge in [-0.1, -0.05) is 64.7 Å². The van der Waals surface area contributed by atoms with Crippen molar-refractivity contribution >= 4 is 28.9 Å². The van der Waals surface area contributed by atoms with E-state index in [9.17, 15) is 0 Å². The fourth-order valence-electron chi connectivity index (χ4n) is 4.51. The topological polar surface area (TPSA) is 3.24 Å². The summed E-state index contributed by atoms with van der Waals surface area (Å²) in [7, 11) is 0. The van der Waals surface area contributed by atoms with Gasteiger partial charge in [0.1, 0.15) is 0 Å². The highest BCUT2D eigenvalue weighted by molar-refractivity contribution is 6.42. The Balaban J connectivity index is 2.87. The Kier molecular flexibility index (Phi) is 4.36. The van der Waals surface area contributed by atoms with Crippen LogP contribution in [0.5, 0.6) is 0 Å². The van der Waals surface area contributed by atoms with E-state index >= 15 is 0 Å². The molecular weight excluding hydrogens is 325 g/mol. The summed E-state index contributed by atoms with van der Waals surface area (Å²) in [6.45, 7) is 21.8. The Hall–Kier alpha value is -0.400.